The molecule has 1 atom stereocenters. The van der Waals surface area contributed by atoms with Gasteiger partial charge in [-0.3, -0.25) is 4.79 Å². The Labute approximate surface area is 128 Å². The van der Waals surface area contributed by atoms with Gasteiger partial charge in [0.25, 0.3) is 0 Å². The van der Waals surface area contributed by atoms with Crippen molar-refractivity contribution in [3.63, 3.8) is 0 Å². The molecule has 5 nitrogen and oxygen atoms in total. The summed E-state index contributed by atoms with van der Waals surface area (Å²) in [6, 6.07) is 1.15. The summed E-state index contributed by atoms with van der Waals surface area (Å²) < 4.78 is 27.0. The van der Waals surface area contributed by atoms with Crippen LogP contribution in [0.5, 0.6) is 0 Å². The van der Waals surface area contributed by atoms with Crippen molar-refractivity contribution >= 4 is 33.6 Å². The molecular formula is C13H13BrF2N2O3. The van der Waals surface area contributed by atoms with Crippen LogP contribution in [0.3, 0.4) is 0 Å². The number of likely N-dealkylation sites (tertiary alicyclic amines) is 1. The fraction of sp³-hybridized carbons (Fsp3) is 0.385. The zero-order valence-corrected chi connectivity index (χ0v) is 12.5. The molecule has 1 fully saturated rings. The maximum atomic E-state index is 13.6. The van der Waals surface area contributed by atoms with Gasteiger partial charge in [0, 0.05) is 19.2 Å². The lowest BCUT2D eigenvalue weighted by Crippen LogP contribution is -2.44. The molecule has 0 radical (unpaired) electrons. The summed E-state index contributed by atoms with van der Waals surface area (Å²) >= 11 is 2.84. The van der Waals surface area contributed by atoms with Gasteiger partial charge >= 0.3 is 12.0 Å². The number of rotatable bonds is 2. The first-order chi connectivity index (χ1) is 9.88. The van der Waals surface area contributed by atoms with E-state index in [1.54, 1.807) is 0 Å². The lowest BCUT2D eigenvalue weighted by Gasteiger charge is -2.30. The number of aliphatic carboxylic acids is 1. The van der Waals surface area contributed by atoms with Crippen LogP contribution >= 0.6 is 15.9 Å². The van der Waals surface area contributed by atoms with Gasteiger partial charge in [0.1, 0.15) is 11.6 Å². The number of carboxylic acid groups (broad SMARTS) is 1. The van der Waals surface area contributed by atoms with Crippen LogP contribution in [0.25, 0.3) is 0 Å². The van der Waals surface area contributed by atoms with E-state index in [9.17, 15) is 18.4 Å². The Bertz CT molecular complexity index is 583. The molecular weight excluding hydrogens is 350 g/mol. The number of carbonyl (C=O) groups excluding carboxylic acids is 1. The molecule has 0 bridgehead atoms. The number of nitrogens with one attached hydrogen (secondary N) is 1. The number of carbonyl (C=O) groups is 2. The molecule has 2 rings (SSSR count). The Kier molecular flexibility index (Phi) is 4.76. The lowest BCUT2D eigenvalue weighted by molar-refractivity contribution is -0.143. The number of amides is 2. The Morgan fingerprint density at radius 3 is 2.71 bits per heavy atom. The zero-order valence-electron chi connectivity index (χ0n) is 10.9. The molecule has 0 spiro atoms. The van der Waals surface area contributed by atoms with Crippen LogP contribution in [0.2, 0.25) is 0 Å². The second kappa shape index (κ2) is 6.38. The second-order valence-electron chi connectivity index (χ2n) is 4.80. The molecule has 1 unspecified atom stereocenters. The van der Waals surface area contributed by atoms with Gasteiger partial charge in [-0.05, 0) is 34.8 Å². The Hall–Kier alpha value is -1.70. The van der Waals surface area contributed by atoms with Crippen LogP contribution < -0.4 is 5.32 Å². The van der Waals surface area contributed by atoms with Crippen LogP contribution in [0.1, 0.15) is 12.8 Å². The van der Waals surface area contributed by atoms with E-state index in [-0.39, 0.29) is 16.7 Å². The molecule has 1 aliphatic rings. The molecule has 2 N–H and O–H groups in total. The summed E-state index contributed by atoms with van der Waals surface area (Å²) in [5, 5.41) is 11.2. The van der Waals surface area contributed by atoms with Crippen molar-refractivity contribution in [2.24, 2.45) is 5.92 Å². The maximum absolute atomic E-state index is 13.6. The van der Waals surface area contributed by atoms with Crippen molar-refractivity contribution in [1.29, 1.82) is 0 Å². The lowest BCUT2D eigenvalue weighted by atomic mass is 9.99. The molecule has 114 valence electrons. The molecule has 0 aliphatic carbocycles. The number of nitrogens with zero attached hydrogens (tertiary/aromatic N) is 1. The molecule has 1 heterocycles. The quantitative estimate of drug-likeness (QED) is 0.794. The minimum absolute atomic E-state index is 0.0399. The molecule has 1 aromatic rings. The van der Waals surface area contributed by atoms with E-state index < -0.39 is 29.6 Å². The fourth-order valence-corrected chi connectivity index (χ4v) is 2.49. The summed E-state index contributed by atoms with van der Waals surface area (Å²) in [7, 11) is 0. The first-order valence-corrected chi connectivity index (χ1v) is 7.11. The van der Waals surface area contributed by atoms with Gasteiger partial charge in [-0.15, -0.1) is 0 Å². The number of benzene rings is 1. The second-order valence-corrected chi connectivity index (χ2v) is 5.65. The Morgan fingerprint density at radius 1 is 1.33 bits per heavy atom. The smallest absolute Gasteiger partial charge is 0.321 e. The van der Waals surface area contributed by atoms with Crippen molar-refractivity contribution < 1.29 is 23.5 Å². The van der Waals surface area contributed by atoms with Crippen LogP contribution in [-0.2, 0) is 4.79 Å². The SMILES string of the molecule is O=C(O)C1CCCN(C(=O)Nc2cc(F)c(Br)cc2F)C1. The van der Waals surface area contributed by atoms with Gasteiger partial charge in [-0.1, -0.05) is 0 Å². The minimum Gasteiger partial charge on any atom is -0.481 e. The van der Waals surface area contributed by atoms with E-state index >= 15 is 0 Å². The van der Waals surface area contributed by atoms with Crippen LogP contribution in [-0.4, -0.2) is 35.1 Å². The standard InChI is InChI=1S/C13H13BrF2N2O3/c14-8-4-10(16)11(5-9(8)15)17-13(21)18-3-1-2-7(6-18)12(19)20/h4-5,7H,1-3,6H2,(H,17,21)(H,19,20). The number of hydrogen-bond donors (Lipinski definition) is 2. The normalized spacial score (nSPS) is 18.4. The van der Waals surface area contributed by atoms with Gasteiger partial charge in [0.15, 0.2) is 0 Å². The molecule has 0 saturated carbocycles. The number of halogens is 3. The first-order valence-electron chi connectivity index (χ1n) is 6.31. The highest BCUT2D eigenvalue weighted by Gasteiger charge is 2.28. The van der Waals surface area contributed by atoms with Gasteiger partial charge in [0.2, 0.25) is 0 Å². The molecule has 0 aromatic heterocycles. The molecule has 1 aliphatic heterocycles. The van der Waals surface area contributed by atoms with Gasteiger partial charge in [-0.25, -0.2) is 13.6 Å². The Morgan fingerprint density at radius 2 is 2.05 bits per heavy atom. The summed E-state index contributed by atoms with van der Waals surface area (Å²) in [6.07, 6.45) is 1.06. The van der Waals surface area contributed by atoms with E-state index in [1.807, 2.05) is 0 Å². The van der Waals surface area contributed by atoms with E-state index in [0.29, 0.717) is 19.4 Å². The van der Waals surface area contributed by atoms with Crippen molar-refractivity contribution in [1.82, 2.24) is 4.90 Å². The van der Waals surface area contributed by atoms with Gasteiger partial charge in [-0.2, -0.15) is 0 Å². The van der Waals surface area contributed by atoms with Crippen molar-refractivity contribution in [2.45, 2.75) is 12.8 Å². The topological polar surface area (TPSA) is 69.6 Å². The predicted molar refractivity (Wildman–Crippen MR) is 75.0 cm³/mol. The molecule has 21 heavy (non-hydrogen) atoms. The Balaban J connectivity index is 2.07. The van der Waals surface area contributed by atoms with E-state index in [1.165, 1.54) is 4.90 Å². The number of urea groups is 1. The number of carboxylic acids is 1. The van der Waals surface area contributed by atoms with E-state index in [0.717, 1.165) is 12.1 Å². The third kappa shape index (κ3) is 3.69. The molecule has 1 aromatic carbocycles. The maximum Gasteiger partial charge on any atom is 0.321 e. The van der Waals surface area contributed by atoms with Crippen LogP contribution in [0.4, 0.5) is 19.3 Å². The van der Waals surface area contributed by atoms with Gasteiger partial charge in [0.05, 0.1) is 16.1 Å². The third-order valence-electron chi connectivity index (χ3n) is 3.31. The van der Waals surface area contributed by atoms with Crippen LogP contribution in [0.15, 0.2) is 16.6 Å². The summed E-state index contributed by atoms with van der Waals surface area (Å²) in [6.45, 7) is 0.442. The van der Waals surface area contributed by atoms with Crippen LogP contribution in [0, 0.1) is 17.6 Å². The summed E-state index contributed by atoms with van der Waals surface area (Å²) in [5.41, 5.74) is -0.279. The number of hydrogen-bond acceptors (Lipinski definition) is 2. The minimum atomic E-state index is -0.964. The average molecular weight is 363 g/mol. The third-order valence-corrected chi connectivity index (χ3v) is 3.92. The molecule has 1 saturated heterocycles. The summed E-state index contributed by atoms with van der Waals surface area (Å²) in [4.78, 5) is 24.2. The number of anilines is 1. The predicted octanol–water partition coefficient (Wildman–Crippen LogP) is 3.06. The van der Waals surface area contributed by atoms with Crippen molar-refractivity contribution in [2.75, 3.05) is 18.4 Å². The fourth-order valence-electron chi connectivity index (χ4n) is 2.18. The summed E-state index contributed by atoms with van der Waals surface area (Å²) in [5.74, 6) is -3.07. The first kappa shape index (κ1) is 15.7. The zero-order chi connectivity index (χ0) is 15.6. The average Bonchev–Trinajstić information content (AvgIpc) is 2.44. The van der Waals surface area contributed by atoms with Gasteiger partial charge < -0.3 is 15.3 Å². The van der Waals surface area contributed by atoms with Crippen molar-refractivity contribution in [3.05, 3.63) is 28.2 Å². The highest BCUT2D eigenvalue weighted by molar-refractivity contribution is 9.10. The van der Waals surface area contributed by atoms with E-state index in [2.05, 4.69) is 21.2 Å². The monoisotopic (exact) mass is 362 g/mol. The highest BCUT2D eigenvalue weighted by atomic mass is 79.9. The molecule has 2 amide bonds. The van der Waals surface area contributed by atoms with Crippen molar-refractivity contribution in [3.8, 4) is 0 Å². The number of piperidine rings is 1. The largest absolute Gasteiger partial charge is 0.481 e. The van der Waals surface area contributed by atoms with E-state index in [4.69, 9.17) is 5.11 Å². The molecule has 8 heteroatoms. The highest BCUT2D eigenvalue weighted by Crippen LogP contribution is 2.24.